The van der Waals surface area contributed by atoms with Gasteiger partial charge in [0.25, 0.3) is 5.91 Å². The molecule has 1 aliphatic rings. The summed E-state index contributed by atoms with van der Waals surface area (Å²) in [7, 11) is 1.16. The van der Waals surface area contributed by atoms with Crippen LogP contribution in [0, 0.1) is 17.5 Å². The minimum Gasteiger partial charge on any atom is -0.360 e. The molecule has 32 heavy (non-hydrogen) atoms. The number of imide groups is 1. The van der Waals surface area contributed by atoms with E-state index in [-0.39, 0.29) is 5.69 Å². The molecule has 170 valence electrons. The summed E-state index contributed by atoms with van der Waals surface area (Å²) < 4.78 is 40.0. The molecule has 2 aromatic rings. The van der Waals surface area contributed by atoms with Crippen LogP contribution in [0.25, 0.3) is 0 Å². The summed E-state index contributed by atoms with van der Waals surface area (Å²) in [6.45, 7) is 0. The zero-order valence-corrected chi connectivity index (χ0v) is 19.0. The zero-order valence-electron chi connectivity index (χ0n) is 16.0. The number of halogens is 7. The normalized spacial score (nSPS) is 17.8. The van der Waals surface area contributed by atoms with Crippen LogP contribution in [-0.4, -0.2) is 45.1 Å². The number of amidine groups is 1. The number of likely N-dealkylation sites (N-methyl/N-ethyl adjacent to an activating group) is 1. The summed E-state index contributed by atoms with van der Waals surface area (Å²) in [5, 5.41) is 0.925. The fraction of sp³-hybridized carbons (Fsp3) is 0.211. The van der Waals surface area contributed by atoms with Gasteiger partial charge in [0, 0.05) is 13.1 Å². The van der Waals surface area contributed by atoms with Crippen molar-refractivity contribution < 1.29 is 22.8 Å². The highest BCUT2D eigenvalue weighted by molar-refractivity contribution is 6.70. The van der Waals surface area contributed by atoms with Crippen molar-refractivity contribution in [3.63, 3.8) is 0 Å². The smallest absolute Gasteiger partial charge is 0.337 e. The number of amides is 3. The molecule has 0 bridgehead atoms. The number of aliphatic imine (C=N–C) groups is 1. The molecule has 6 nitrogen and oxygen atoms in total. The number of nitrogens with zero attached hydrogens (tertiary/aromatic N) is 3. The number of anilines is 2. The van der Waals surface area contributed by atoms with Crippen molar-refractivity contribution in [3.8, 4) is 0 Å². The highest BCUT2D eigenvalue weighted by Crippen LogP contribution is 2.37. The SMILES string of the molecule is CN1C(=O)C(=NC(Nc2cc(F)ccc2F)C(Cl)C(Cl)(Cl)Cl)N(c2ccccc2F)C1=O. The van der Waals surface area contributed by atoms with Crippen molar-refractivity contribution in [3.05, 3.63) is 59.9 Å². The maximum absolute atomic E-state index is 14.4. The number of benzene rings is 2. The molecule has 2 aromatic carbocycles. The molecule has 0 saturated carbocycles. The van der Waals surface area contributed by atoms with E-state index in [1.54, 1.807) is 0 Å². The molecule has 3 rings (SSSR count). The maximum atomic E-state index is 14.4. The van der Waals surface area contributed by atoms with Gasteiger partial charge in [-0.15, -0.1) is 11.6 Å². The Morgan fingerprint density at radius 1 is 1.03 bits per heavy atom. The molecule has 1 N–H and O–H groups in total. The van der Waals surface area contributed by atoms with E-state index >= 15 is 0 Å². The van der Waals surface area contributed by atoms with Gasteiger partial charge in [0.05, 0.1) is 11.4 Å². The van der Waals surface area contributed by atoms with E-state index in [4.69, 9.17) is 46.4 Å². The second-order valence-electron chi connectivity index (χ2n) is 6.54. The first-order valence-electron chi connectivity index (χ1n) is 8.78. The topological polar surface area (TPSA) is 65.0 Å². The first-order valence-corrected chi connectivity index (χ1v) is 10.4. The lowest BCUT2D eigenvalue weighted by molar-refractivity contribution is -0.119. The van der Waals surface area contributed by atoms with Crippen molar-refractivity contribution >= 4 is 75.6 Å². The van der Waals surface area contributed by atoms with Gasteiger partial charge >= 0.3 is 6.03 Å². The molecular weight excluding hydrogens is 515 g/mol. The Balaban J connectivity index is 2.13. The number of nitrogens with one attached hydrogen (secondary N) is 1. The van der Waals surface area contributed by atoms with E-state index in [1.807, 2.05) is 0 Å². The van der Waals surface area contributed by atoms with E-state index in [0.29, 0.717) is 9.80 Å². The van der Waals surface area contributed by atoms with Gasteiger partial charge in [0.2, 0.25) is 9.63 Å². The average molecular weight is 528 g/mol. The van der Waals surface area contributed by atoms with Crippen LogP contribution in [0.1, 0.15) is 0 Å². The van der Waals surface area contributed by atoms with Gasteiger partial charge in [-0.1, -0.05) is 46.9 Å². The number of rotatable bonds is 5. The van der Waals surface area contributed by atoms with Crippen molar-refractivity contribution in [1.29, 1.82) is 0 Å². The van der Waals surface area contributed by atoms with Crippen LogP contribution in [0.3, 0.4) is 0 Å². The molecule has 1 aliphatic heterocycles. The predicted molar refractivity (Wildman–Crippen MR) is 118 cm³/mol. The van der Waals surface area contributed by atoms with Crippen LogP contribution < -0.4 is 10.2 Å². The van der Waals surface area contributed by atoms with Crippen LogP contribution in [0.15, 0.2) is 47.5 Å². The molecule has 0 spiro atoms. The Kier molecular flexibility index (Phi) is 7.14. The van der Waals surface area contributed by atoms with Gasteiger partial charge in [-0.25, -0.2) is 27.9 Å². The third-order valence-corrected chi connectivity index (χ3v) is 5.97. The van der Waals surface area contributed by atoms with Gasteiger partial charge in [-0.2, -0.15) is 0 Å². The summed E-state index contributed by atoms with van der Waals surface area (Å²) in [5.74, 6) is -3.99. The Morgan fingerprint density at radius 2 is 1.69 bits per heavy atom. The van der Waals surface area contributed by atoms with Gasteiger partial charge in [-0.3, -0.25) is 9.69 Å². The first-order chi connectivity index (χ1) is 14.9. The van der Waals surface area contributed by atoms with E-state index in [0.717, 1.165) is 31.3 Å². The fourth-order valence-corrected chi connectivity index (χ4v) is 3.26. The summed E-state index contributed by atoms with van der Waals surface area (Å²) in [4.78, 5) is 30.8. The minimum atomic E-state index is -2.19. The molecule has 13 heteroatoms. The molecule has 1 saturated heterocycles. The lowest BCUT2D eigenvalue weighted by Gasteiger charge is -2.27. The highest BCUT2D eigenvalue weighted by Gasteiger charge is 2.45. The van der Waals surface area contributed by atoms with Gasteiger partial charge < -0.3 is 5.32 Å². The van der Waals surface area contributed by atoms with Gasteiger partial charge in [0.1, 0.15) is 29.0 Å². The molecule has 1 heterocycles. The predicted octanol–water partition coefficient (Wildman–Crippen LogP) is 5.32. The van der Waals surface area contributed by atoms with Crippen molar-refractivity contribution in [2.75, 3.05) is 17.3 Å². The van der Waals surface area contributed by atoms with Crippen LogP contribution in [0.5, 0.6) is 0 Å². The maximum Gasteiger partial charge on any atom is 0.337 e. The van der Waals surface area contributed by atoms with Gasteiger partial charge in [-0.05, 0) is 24.3 Å². The van der Waals surface area contributed by atoms with Gasteiger partial charge in [0.15, 0.2) is 0 Å². The standard InChI is InChI=1S/C19H13Cl4F3N4O2/c1-29-17(31)16(30(18(29)32)13-5-3-2-4-11(13)26)28-15(14(20)19(21,22)23)27-12-8-9(24)6-7-10(12)25/h2-8,14-15,27H,1H3. The average Bonchev–Trinajstić information content (AvgIpc) is 2.93. The van der Waals surface area contributed by atoms with E-state index in [2.05, 4.69) is 10.3 Å². The third kappa shape index (κ3) is 4.91. The molecule has 2 unspecified atom stereocenters. The highest BCUT2D eigenvalue weighted by atomic mass is 35.6. The molecule has 3 amide bonds. The monoisotopic (exact) mass is 526 g/mol. The second-order valence-corrected chi connectivity index (χ2v) is 9.38. The number of hydrogen-bond donors (Lipinski definition) is 1. The summed E-state index contributed by atoms with van der Waals surface area (Å²) >= 11 is 23.8. The van der Waals surface area contributed by atoms with E-state index in [1.165, 1.54) is 18.2 Å². The van der Waals surface area contributed by atoms with Crippen molar-refractivity contribution in [2.45, 2.75) is 15.3 Å². The summed E-state index contributed by atoms with van der Waals surface area (Å²) in [5.41, 5.74) is -0.675. The Bertz CT molecular complexity index is 1100. The Hall–Kier alpha value is -2.20. The molecule has 0 aromatic heterocycles. The molecular formula is C19H13Cl4F3N4O2. The quantitative estimate of drug-likeness (QED) is 0.423. The lowest BCUT2D eigenvalue weighted by atomic mass is 10.2. The molecule has 0 aliphatic carbocycles. The minimum absolute atomic E-state index is 0.273. The van der Waals surface area contributed by atoms with Crippen LogP contribution in [0.4, 0.5) is 29.3 Å². The Morgan fingerprint density at radius 3 is 2.31 bits per heavy atom. The second kappa shape index (κ2) is 9.35. The summed E-state index contributed by atoms with van der Waals surface area (Å²) in [6, 6.07) is 6.75. The van der Waals surface area contributed by atoms with Crippen LogP contribution >= 0.6 is 46.4 Å². The summed E-state index contributed by atoms with van der Waals surface area (Å²) in [6.07, 6.45) is -1.56. The third-order valence-electron chi connectivity index (χ3n) is 4.36. The molecule has 1 fully saturated rings. The fourth-order valence-electron chi connectivity index (χ4n) is 2.79. The first kappa shape index (κ1) is 24.4. The zero-order chi connectivity index (χ0) is 23.8. The number of hydrogen-bond acceptors (Lipinski definition) is 4. The molecule has 0 radical (unpaired) electrons. The van der Waals surface area contributed by atoms with Crippen LogP contribution in [0.2, 0.25) is 0 Å². The Labute approximate surface area is 200 Å². The number of alkyl halides is 4. The number of carbonyl (C=O) groups is 2. The van der Waals surface area contributed by atoms with E-state index < -0.39 is 56.2 Å². The molecule has 2 atom stereocenters. The van der Waals surface area contributed by atoms with E-state index in [9.17, 15) is 22.8 Å². The lowest BCUT2D eigenvalue weighted by Crippen LogP contribution is -2.41. The van der Waals surface area contributed by atoms with Crippen molar-refractivity contribution in [1.82, 2.24) is 4.90 Å². The number of para-hydroxylation sites is 1. The van der Waals surface area contributed by atoms with Crippen LogP contribution in [-0.2, 0) is 4.79 Å². The number of urea groups is 1. The van der Waals surface area contributed by atoms with Crippen molar-refractivity contribution in [2.24, 2.45) is 4.99 Å². The largest absolute Gasteiger partial charge is 0.360 e. The number of carbonyl (C=O) groups excluding carboxylic acids is 2.